The minimum absolute atomic E-state index is 0.189. The fourth-order valence-electron chi connectivity index (χ4n) is 2.58. The Morgan fingerprint density at radius 3 is 3.06 bits per heavy atom. The van der Waals surface area contributed by atoms with Crippen molar-refractivity contribution in [1.82, 2.24) is 4.90 Å². The van der Waals surface area contributed by atoms with Gasteiger partial charge in [-0.25, -0.2) is 0 Å². The Hall–Kier alpha value is -1.53. The van der Waals surface area contributed by atoms with E-state index in [1.165, 1.54) is 11.1 Å². The third kappa shape index (κ3) is 3.02. The zero-order valence-electron chi connectivity index (χ0n) is 11.1. The molecule has 2 rings (SSSR count). The number of nitriles is 1. The van der Waals surface area contributed by atoms with Gasteiger partial charge in [0, 0.05) is 18.7 Å². The van der Waals surface area contributed by atoms with E-state index in [0.717, 1.165) is 38.2 Å². The number of benzene rings is 1. The van der Waals surface area contributed by atoms with Crippen molar-refractivity contribution in [2.75, 3.05) is 20.2 Å². The summed E-state index contributed by atoms with van der Waals surface area (Å²) in [4.78, 5) is 2.36. The van der Waals surface area contributed by atoms with Gasteiger partial charge in [0.05, 0.1) is 19.1 Å². The fourth-order valence-corrected chi connectivity index (χ4v) is 2.58. The highest BCUT2D eigenvalue weighted by Crippen LogP contribution is 2.24. The van der Waals surface area contributed by atoms with Crippen LogP contribution in [-0.2, 0) is 6.54 Å². The minimum Gasteiger partial charge on any atom is -0.496 e. The van der Waals surface area contributed by atoms with Gasteiger partial charge in [-0.3, -0.25) is 4.90 Å². The van der Waals surface area contributed by atoms with Gasteiger partial charge in [-0.15, -0.1) is 0 Å². The van der Waals surface area contributed by atoms with Crippen molar-refractivity contribution in [3.05, 3.63) is 29.3 Å². The Morgan fingerprint density at radius 2 is 2.33 bits per heavy atom. The molecule has 1 atom stereocenters. The zero-order chi connectivity index (χ0) is 13.0. The molecule has 0 aromatic heterocycles. The largest absolute Gasteiger partial charge is 0.496 e. The summed E-state index contributed by atoms with van der Waals surface area (Å²) in [5, 5.41) is 9.02. The lowest BCUT2D eigenvalue weighted by atomic mass is 9.99. The third-order valence-corrected chi connectivity index (χ3v) is 3.52. The molecule has 1 aliphatic rings. The van der Waals surface area contributed by atoms with Crippen molar-refractivity contribution < 1.29 is 4.74 Å². The number of methoxy groups -OCH3 is 1. The van der Waals surface area contributed by atoms with E-state index in [0.29, 0.717) is 0 Å². The molecule has 1 unspecified atom stereocenters. The van der Waals surface area contributed by atoms with Crippen LogP contribution < -0.4 is 4.74 Å². The number of hydrogen-bond donors (Lipinski definition) is 0. The first-order valence-electron chi connectivity index (χ1n) is 6.48. The van der Waals surface area contributed by atoms with Crippen LogP contribution in [0, 0.1) is 24.2 Å². The molecule has 1 aliphatic heterocycles. The van der Waals surface area contributed by atoms with Crippen molar-refractivity contribution in [2.24, 2.45) is 5.92 Å². The maximum Gasteiger partial charge on any atom is 0.123 e. The van der Waals surface area contributed by atoms with E-state index < -0.39 is 0 Å². The van der Waals surface area contributed by atoms with Crippen LogP contribution in [0.4, 0.5) is 0 Å². The predicted molar refractivity (Wildman–Crippen MR) is 71.3 cm³/mol. The van der Waals surface area contributed by atoms with Gasteiger partial charge in [0.2, 0.25) is 0 Å². The first kappa shape index (κ1) is 12.9. The van der Waals surface area contributed by atoms with Crippen molar-refractivity contribution in [3.8, 4) is 11.8 Å². The molecule has 0 N–H and O–H groups in total. The molecule has 0 amide bonds. The van der Waals surface area contributed by atoms with Gasteiger partial charge in [-0.05, 0) is 32.4 Å². The fraction of sp³-hybridized carbons (Fsp3) is 0.533. The molecular weight excluding hydrogens is 224 g/mol. The van der Waals surface area contributed by atoms with Gasteiger partial charge < -0.3 is 4.74 Å². The summed E-state index contributed by atoms with van der Waals surface area (Å²) in [6.07, 6.45) is 2.16. The first-order chi connectivity index (χ1) is 8.72. The average Bonchev–Trinajstić information content (AvgIpc) is 2.39. The number of hydrogen-bond acceptors (Lipinski definition) is 3. The summed E-state index contributed by atoms with van der Waals surface area (Å²) < 4.78 is 5.40. The van der Waals surface area contributed by atoms with Gasteiger partial charge in [-0.2, -0.15) is 5.26 Å². The zero-order valence-corrected chi connectivity index (χ0v) is 11.1. The highest BCUT2D eigenvalue weighted by atomic mass is 16.5. The van der Waals surface area contributed by atoms with Crippen LogP contribution in [0.1, 0.15) is 24.0 Å². The lowest BCUT2D eigenvalue weighted by Gasteiger charge is -2.29. The molecule has 1 saturated heterocycles. The molecule has 96 valence electrons. The van der Waals surface area contributed by atoms with Gasteiger partial charge in [-0.1, -0.05) is 17.7 Å². The van der Waals surface area contributed by atoms with Gasteiger partial charge in [0.15, 0.2) is 0 Å². The lowest BCUT2D eigenvalue weighted by Crippen LogP contribution is -2.34. The lowest BCUT2D eigenvalue weighted by molar-refractivity contribution is 0.190. The summed E-state index contributed by atoms with van der Waals surface area (Å²) in [7, 11) is 1.71. The summed E-state index contributed by atoms with van der Waals surface area (Å²) in [6, 6.07) is 8.65. The molecular formula is C15H20N2O. The van der Waals surface area contributed by atoms with Crippen LogP contribution >= 0.6 is 0 Å². The SMILES string of the molecule is COc1ccc(C)cc1CN1CCCC(C#N)C1. The monoisotopic (exact) mass is 244 g/mol. The van der Waals surface area contributed by atoms with Crippen LogP contribution in [0.25, 0.3) is 0 Å². The molecule has 1 aromatic carbocycles. The molecule has 0 spiro atoms. The normalized spacial score (nSPS) is 20.4. The standard InChI is InChI=1S/C15H20N2O/c1-12-5-6-15(18-2)14(8-12)11-17-7-3-4-13(9-16)10-17/h5-6,8,13H,3-4,7,10-11H2,1-2H3. The van der Waals surface area contributed by atoms with Crippen LogP contribution in [0.3, 0.4) is 0 Å². The van der Waals surface area contributed by atoms with E-state index in [4.69, 9.17) is 10.00 Å². The molecule has 1 aromatic rings. The topological polar surface area (TPSA) is 36.3 Å². The van der Waals surface area contributed by atoms with E-state index in [1.54, 1.807) is 7.11 Å². The molecule has 3 heteroatoms. The Balaban J connectivity index is 2.09. The molecule has 18 heavy (non-hydrogen) atoms. The molecule has 0 saturated carbocycles. The van der Waals surface area contributed by atoms with E-state index in [2.05, 4.69) is 30.0 Å². The van der Waals surface area contributed by atoms with Crippen LogP contribution in [0.15, 0.2) is 18.2 Å². The van der Waals surface area contributed by atoms with E-state index in [9.17, 15) is 0 Å². The maximum absolute atomic E-state index is 9.02. The second-order valence-corrected chi connectivity index (χ2v) is 5.02. The quantitative estimate of drug-likeness (QED) is 0.820. The first-order valence-corrected chi connectivity index (χ1v) is 6.48. The van der Waals surface area contributed by atoms with Gasteiger partial charge >= 0.3 is 0 Å². The Labute approximate surface area is 109 Å². The molecule has 0 aliphatic carbocycles. The minimum atomic E-state index is 0.189. The number of likely N-dealkylation sites (tertiary alicyclic amines) is 1. The Bertz CT molecular complexity index is 450. The third-order valence-electron chi connectivity index (χ3n) is 3.52. The summed E-state index contributed by atoms with van der Waals surface area (Å²) in [6.45, 7) is 4.93. The summed E-state index contributed by atoms with van der Waals surface area (Å²) >= 11 is 0. The number of ether oxygens (including phenoxy) is 1. The highest BCUT2D eigenvalue weighted by Gasteiger charge is 2.20. The Kier molecular flexibility index (Phi) is 4.22. The van der Waals surface area contributed by atoms with Crippen molar-refractivity contribution in [1.29, 1.82) is 5.26 Å². The number of rotatable bonds is 3. The average molecular weight is 244 g/mol. The smallest absolute Gasteiger partial charge is 0.123 e. The van der Waals surface area contributed by atoms with Crippen LogP contribution in [0.2, 0.25) is 0 Å². The summed E-state index contributed by atoms with van der Waals surface area (Å²) in [5.41, 5.74) is 2.47. The van der Waals surface area contributed by atoms with Crippen LogP contribution in [-0.4, -0.2) is 25.1 Å². The van der Waals surface area contributed by atoms with Crippen molar-refractivity contribution in [3.63, 3.8) is 0 Å². The second kappa shape index (κ2) is 5.88. The summed E-state index contributed by atoms with van der Waals surface area (Å²) in [5.74, 6) is 1.13. The molecule has 3 nitrogen and oxygen atoms in total. The maximum atomic E-state index is 9.02. The Morgan fingerprint density at radius 1 is 1.50 bits per heavy atom. The number of nitrogens with zero attached hydrogens (tertiary/aromatic N) is 2. The molecule has 1 fully saturated rings. The number of piperidine rings is 1. The van der Waals surface area contributed by atoms with Crippen molar-refractivity contribution in [2.45, 2.75) is 26.3 Å². The van der Waals surface area contributed by atoms with E-state index in [1.807, 2.05) is 6.07 Å². The second-order valence-electron chi connectivity index (χ2n) is 5.02. The van der Waals surface area contributed by atoms with Crippen LogP contribution in [0.5, 0.6) is 5.75 Å². The molecule has 0 radical (unpaired) electrons. The van der Waals surface area contributed by atoms with E-state index >= 15 is 0 Å². The molecule has 1 heterocycles. The number of aryl methyl sites for hydroxylation is 1. The van der Waals surface area contributed by atoms with Crippen molar-refractivity contribution >= 4 is 0 Å². The molecule has 0 bridgehead atoms. The van der Waals surface area contributed by atoms with Gasteiger partial charge in [0.25, 0.3) is 0 Å². The highest BCUT2D eigenvalue weighted by molar-refractivity contribution is 5.36. The van der Waals surface area contributed by atoms with E-state index in [-0.39, 0.29) is 5.92 Å². The van der Waals surface area contributed by atoms with Gasteiger partial charge in [0.1, 0.15) is 5.75 Å². The predicted octanol–water partition coefficient (Wildman–Crippen LogP) is 2.74.